The topological polar surface area (TPSA) is 12.5 Å². The Labute approximate surface area is 109 Å². The Kier molecular flexibility index (Phi) is 12.3. The van der Waals surface area contributed by atoms with Crippen LogP contribution < -0.4 is 0 Å². The lowest BCUT2D eigenvalue weighted by Crippen LogP contribution is -2.25. The number of ether oxygens (including phenoxy) is 1. The maximum atomic E-state index is 5.79. The van der Waals surface area contributed by atoms with Gasteiger partial charge < -0.3 is 9.64 Å². The van der Waals surface area contributed by atoms with Crippen LogP contribution in [-0.4, -0.2) is 38.3 Å². The molecule has 0 aromatic carbocycles. The summed E-state index contributed by atoms with van der Waals surface area (Å²) in [4.78, 5) is 2.37. The molecule has 0 amide bonds. The minimum Gasteiger partial charge on any atom is -0.380 e. The van der Waals surface area contributed by atoms with Crippen molar-refractivity contribution in [1.82, 2.24) is 4.90 Å². The molecule has 0 aromatic rings. The molecule has 0 aliphatic heterocycles. The number of unbranched alkanes of at least 4 members (excludes halogenated alkanes) is 2. The molecule has 17 heavy (non-hydrogen) atoms. The van der Waals surface area contributed by atoms with Crippen LogP contribution in [-0.2, 0) is 4.74 Å². The number of hydrogen-bond acceptors (Lipinski definition) is 2. The standard InChI is InChI=1S/C15H33NO/c1-5-8-10-15(7-3)14-17-13-12-16(4)11-9-6-2/h15H,5-14H2,1-4H3. The van der Waals surface area contributed by atoms with Crippen molar-refractivity contribution in [3.63, 3.8) is 0 Å². The lowest BCUT2D eigenvalue weighted by molar-refractivity contribution is 0.0783. The van der Waals surface area contributed by atoms with E-state index in [1.807, 2.05) is 0 Å². The summed E-state index contributed by atoms with van der Waals surface area (Å²) in [6, 6.07) is 0. The molecule has 0 saturated carbocycles. The normalized spacial score (nSPS) is 13.2. The Morgan fingerprint density at radius 2 is 1.71 bits per heavy atom. The number of likely N-dealkylation sites (N-methyl/N-ethyl adjacent to an activating group) is 1. The van der Waals surface area contributed by atoms with Gasteiger partial charge in [0.25, 0.3) is 0 Å². The van der Waals surface area contributed by atoms with Gasteiger partial charge in [-0.05, 0) is 32.4 Å². The van der Waals surface area contributed by atoms with Crippen LogP contribution in [0.25, 0.3) is 0 Å². The Balaban J connectivity index is 3.40. The molecule has 0 aliphatic rings. The van der Waals surface area contributed by atoms with Crippen molar-refractivity contribution in [2.24, 2.45) is 5.92 Å². The summed E-state index contributed by atoms with van der Waals surface area (Å²) in [5, 5.41) is 0. The van der Waals surface area contributed by atoms with Crippen LogP contribution in [0.5, 0.6) is 0 Å². The van der Waals surface area contributed by atoms with Gasteiger partial charge in [0.05, 0.1) is 6.61 Å². The highest BCUT2D eigenvalue weighted by molar-refractivity contribution is 4.56. The number of hydrogen-bond donors (Lipinski definition) is 0. The summed E-state index contributed by atoms with van der Waals surface area (Å²) in [6.45, 7) is 10.9. The smallest absolute Gasteiger partial charge is 0.0593 e. The van der Waals surface area contributed by atoms with E-state index in [0.717, 1.165) is 25.7 Å². The Bertz CT molecular complexity index is 150. The molecule has 2 nitrogen and oxygen atoms in total. The summed E-state index contributed by atoms with van der Waals surface area (Å²) in [5.41, 5.74) is 0. The predicted molar refractivity (Wildman–Crippen MR) is 76.5 cm³/mol. The summed E-state index contributed by atoms with van der Waals surface area (Å²) < 4.78 is 5.79. The van der Waals surface area contributed by atoms with Crippen molar-refractivity contribution in [2.45, 2.75) is 59.3 Å². The van der Waals surface area contributed by atoms with E-state index in [2.05, 4.69) is 32.7 Å². The lowest BCUT2D eigenvalue weighted by atomic mass is 10.0. The van der Waals surface area contributed by atoms with Crippen molar-refractivity contribution in [3.05, 3.63) is 0 Å². The third-order valence-corrected chi connectivity index (χ3v) is 3.41. The number of rotatable bonds is 12. The molecule has 1 atom stereocenters. The molecular weight excluding hydrogens is 210 g/mol. The molecular formula is C15H33NO. The van der Waals surface area contributed by atoms with E-state index in [-0.39, 0.29) is 0 Å². The zero-order valence-corrected chi connectivity index (χ0v) is 12.5. The SMILES string of the molecule is CCCCC(CC)COCCN(C)CCCC. The van der Waals surface area contributed by atoms with Crippen LogP contribution in [0.1, 0.15) is 59.3 Å². The van der Waals surface area contributed by atoms with E-state index in [0.29, 0.717) is 0 Å². The molecule has 0 spiro atoms. The maximum absolute atomic E-state index is 5.79. The van der Waals surface area contributed by atoms with Crippen molar-refractivity contribution >= 4 is 0 Å². The van der Waals surface area contributed by atoms with E-state index in [4.69, 9.17) is 4.74 Å². The largest absolute Gasteiger partial charge is 0.380 e. The van der Waals surface area contributed by atoms with Gasteiger partial charge >= 0.3 is 0 Å². The second kappa shape index (κ2) is 12.4. The van der Waals surface area contributed by atoms with Crippen molar-refractivity contribution in [3.8, 4) is 0 Å². The average Bonchev–Trinajstić information content (AvgIpc) is 2.35. The first-order valence-corrected chi connectivity index (χ1v) is 7.50. The summed E-state index contributed by atoms with van der Waals surface area (Å²) in [7, 11) is 2.19. The minimum absolute atomic E-state index is 0.774. The second-order valence-corrected chi connectivity index (χ2v) is 5.15. The molecule has 2 heteroatoms. The molecule has 0 fully saturated rings. The van der Waals surface area contributed by atoms with E-state index < -0.39 is 0 Å². The van der Waals surface area contributed by atoms with Crippen LogP contribution in [0.4, 0.5) is 0 Å². The third-order valence-electron chi connectivity index (χ3n) is 3.41. The fourth-order valence-electron chi connectivity index (χ4n) is 1.91. The van der Waals surface area contributed by atoms with Crippen molar-refractivity contribution in [1.29, 1.82) is 0 Å². The monoisotopic (exact) mass is 243 g/mol. The average molecular weight is 243 g/mol. The fraction of sp³-hybridized carbons (Fsp3) is 1.00. The molecule has 0 saturated heterocycles. The van der Waals surface area contributed by atoms with Crippen LogP contribution in [0.15, 0.2) is 0 Å². The second-order valence-electron chi connectivity index (χ2n) is 5.15. The van der Waals surface area contributed by atoms with Gasteiger partial charge in [-0.2, -0.15) is 0 Å². The highest BCUT2D eigenvalue weighted by atomic mass is 16.5. The summed E-state index contributed by atoms with van der Waals surface area (Å²) in [5.74, 6) is 0.774. The highest BCUT2D eigenvalue weighted by Gasteiger charge is 2.06. The molecule has 0 bridgehead atoms. The summed E-state index contributed by atoms with van der Waals surface area (Å²) in [6.07, 6.45) is 7.81. The van der Waals surface area contributed by atoms with Crippen LogP contribution in [0, 0.1) is 5.92 Å². The van der Waals surface area contributed by atoms with E-state index >= 15 is 0 Å². The highest BCUT2D eigenvalue weighted by Crippen LogP contribution is 2.12. The molecule has 0 N–H and O–H groups in total. The molecule has 0 rings (SSSR count). The van der Waals surface area contributed by atoms with E-state index in [9.17, 15) is 0 Å². The van der Waals surface area contributed by atoms with E-state index in [1.54, 1.807) is 0 Å². The lowest BCUT2D eigenvalue weighted by Gasteiger charge is -2.18. The Hall–Kier alpha value is -0.0800. The zero-order chi connectivity index (χ0) is 12.9. The quantitative estimate of drug-likeness (QED) is 0.481. The molecule has 0 aliphatic carbocycles. The zero-order valence-electron chi connectivity index (χ0n) is 12.5. The third kappa shape index (κ3) is 10.8. The molecule has 1 unspecified atom stereocenters. The molecule has 104 valence electrons. The van der Waals surface area contributed by atoms with Crippen LogP contribution in [0.2, 0.25) is 0 Å². The molecule has 0 aromatic heterocycles. The number of nitrogens with zero attached hydrogens (tertiary/aromatic N) is 1. The van der Waals surface area contributed by atoms with Gasteiger partial charge in [-0.3, -0.25) is 0 Å². The fourth-order valence-corrected chi connectivity index (χ4v) is 1.91. The van der Waals surface area contributed by atoms with Crippen LogP contribution >= 0.6 is 0 Å². The predicted octanol–water partition coefficient (Wildman–Crippen LogP) is 3.95. The summed E-state index contributed by atoms with van der Waals surface area (Å²) >= 11 is 0. The van der Waals surface area contributed by atoms with Crippen molar-refractivity contribution < 1.29 is 4.74 Å². The van der Waals surface area contributed by atoms with Gasteiger partial charge in [0.1, 0.15) is 0 Å². The van der Waals surface area contributed by atoms with Crippen LogP contribution in [0.3, 0.4) is 0 Å². The Morgan fingerprint density at radius 3 is 2.29 bits per heavy atom. The van der Waals surface area contributed by atoms with E-state index in [1.165, 1.54) is 45.1 Å². The Morgan fingerprint density at radius 1 is 1.00 bits per heavy atom. The van der Waals surface area contributed by atoms with Gasteiger partial charge in [-0.1, -0.05) is 46.5 Å². The molecule has 0 radical (unpaired) electrons. The van der Waals surface area contributed by atoms with Gasteiger partial charge in [0.15, 0.2) is 0 Å². The molecule has 0 heterocycles. The minimum atomic E-state index is 0.774. The van der Waals surface area contributed by atoms with Gasteiger partial charge in [0, 0.05) is 13.2 Å². The maximum Gasteiger partial charge on any atom is 0.0593 e. The van der Waals surface area contributed by atoms with Crippen molar-refractivity contribution in [2.75, 3.05) is 33.4 Å². The van der Waals surface area contributed by atoms with Gasteiger partial charge in [0.2, 0.25) is 0 Å². The first kappa shape index (κ1) is 16.9. The first-order valence-electron chi connectivity index (χ1n) is 7.50. The first-order chi connectivity index (χ1) is 8.24. The van der Waals surface area contributed by atoms with Gasteiger partial charge in [-0.15, -0.1) is 0 Å². The van der Waals surface area contributed by atoms with Gasteiger partial charge in [-0.25, -0.2) is 0 Å².